The summed E-state index contributed by atoms with van der Waals surface area (Å²) in [5, 5.41) is 7.31. The monoisotopic (exact) mass is 372 g/mol. The number of benzene rings is 1. The van der Waals surface area contributed by atoms with Crippen LogP contribution >= 0.6 is 0 Å². The van der Waals surface area contributed by atoms with E-state index in [1.165, 1.54) is 12.1 Å². The van der Waals surface area contributed by atoms with Crippen LogP contribution in [0.1, 0.15) is 42.0 Å². The van der Waals surface area contributed by atoms with E-state index < -0.39 is 0 Å². The molecule has 0 unspecified atom stereocenters. The van der Waals surface area contributed by atoms with E-state index in [0.717, 1.165) is 17.7 Å². The number of carbonyl (C=O) groups excluding carboxylic acids is 2. The van der Waals surface area contributed by atoms with Gasteiger partial charge in [0.1, 0.15) is 11.5 Å². The Morgan fingerprint density at radius 2 is 2.15 bits per heavy atom. The summed E-state index contributed by atoms with van der Waals surface area (Å²) in [6.45, 7) is 4.96. The van der Waals surface area contributed by atoms with Crippen LogP contribution in [0.5, 0.6) is 0 Å². The third kappa shape index (κ3) is 4.72. The Morgan fingerprint density at radius 3 is 2.85 bits per heavy atom. The number of hydrogen-bond acceptors (Lipinski definition) is 3. The van der Waals surface area contributed by atoms with Gasteiger partial charge in [-0.3, -0.25) is 14.3 Å². The zero-order chi connectivity index (χ0) is 19.6. The number of aromatic nitrogens is 2. The van der Waals surface area contributed by atoms with Gasteiger partial charge in [-0.25, -0.2) is 4.39 Å². The number of nitrogens with zero attached hydrogens (tertiary/aromatic N) is 3. The molecule has 6 nitrogen and oxygen atoms in total. The Labute approximate surface area is 158 Å². The first-order valence-corrected chi connectivity index (χ1v) is 9.18. The number of hydrogen-bond donors (Lipinski definition) is 1. The van der Waals surface area contributed by atoms with Gasteiger partial charge in [-0.2, -0.15) is 5.10 Å². The third-order valence-electron chi connectivity index (χ3n) is 4.59. The number of likely N-dealkylation sites (tertiary alicyclic amines) is 1. The van der Waals surface area contributed by atoms with Crippen LogP contribution in [0.3, 0.4) is 0 Å². The molecule has 27 heavy (non-hydrogen) atoms. The molecule has 2 heterocycles. The van der Waals surface area contributed by atoms with Crippen molar-refractivity contribution in [3.05, 3.63) is 53.1 Å². The fraction of sp³-hybridized carbons (Fsp3) is 0.450. The van der Waals surface area contributed by atoms with E-state index in [4.69, 9.17) is 0 Å². The highest BCUT2D eigenvalue weighted by Gasteiger charge is 2.31. The maximum absolute atomic E-state index is 13.3. The van der Waals surface area contributed by atoms with Crippen LogP contribution in [-0.2, 0) is 24.8 Å². The second-order valence-corrected chi connectivity index (χ2v) is 7.52. The van der Waals surface area contributed by atoms with E-state index >= 15 is 0 Å². The van der Waals surface area contributed by atoms with E-state index in [0.29, 0.717) is 24.7 Å². The number of amides is 2. The Hall–Kier alpha value is -2.70. The van der Waals surface area contributed by atoms with E-state index in [9.17, 15) is 14.0 Å². The number of halogens is 1. The summed E-state index contributed by atoms with van der Waals surface area (Å²) in [4.78, 5) is 26.5. The fourth-order valence-corrected chi connectivity index (χ4v) is 3.39. The lowest BCUT2D eigenvalue weighted by atomic mass is 10.1. The highest BCUT2D eigenvalue weighted by molar-refractivity contribution is 5.93. The molecule has 0 radical (unpaired) electrons. The van der Waals surface area contributed by atoms with Crippen molar-refractivity contribution in [3.8, 4) is 0 Å². The number of rotatable bonds is 6. The van der Waals surface area contributed by atoms with Crippen LogP contribution in [0, 0.1) is 11.7 Å². The Balaban J connectivity index is 1.61. The molecule has 1 atom stereocenters. The highest BCUT2D eigenvalue weighted by atomic mass is 19.1. The van der Waals surface area contributed by atoms with Crippen LogP contribution < -0.4 is 5.32 Å². The van der Waals surface area contributed by atoms with Gasteiger partial charge in [0.15, 0.2) is 0 Å². The third-order valence-corrected chi connectivity index (χ3v) is 4.59. The minimum atomic E-state index is -0.322. The summed E-state index contributed by atoms with van der Waals surface area (Å²) in [5.74, 6) is -0.141. The molecule has 2 amide bonds. The Kier molecular flexibility index (Phi) is 5.58. The SMILES string of the molecule is CC(C)Cc1cc(C(=O)N[C@H]2CC(=O)N(Cc3cccc(F)c3)C2)n(C)n1. The Bertz CT molecular complexity index is 846. The van der Waals surface area contributed by atoms with Crippen LogP contribution in [0.15, 0.2) is 30.3 Å². The molecule has 0 saturated carbocycles. The number of carbonyl (C=O) groups is 2. The van der Waals surface area contributed by atoms with Crippen LogP contribution in [-0.4, -0.2) is 39.1 Å². The summed E-state index contributed by atoms with van der Waals surface area (Å²) in [5.41, 5.74) is 2.11. The molecule has 0 spiro atoms. The van der Waals surface area contributed by atoms with Gasteiger partial charge < -0.3 is 10.2 Å². The van der Waals surface area contributed by atoms with Crippen molar-refractivity contribution in [1.82, 2.24) is 20.0 Å². The van der Waals surface area contributed by atoms with Crippen molar-refractivity contribution < 1.29 is 14.0 Å². The van der Waals surface area contributed by atoms with Gasteiger partial charge in [-0.15, -0.1) is 0 Å². The zero-order valence-electron chi connectivity index (χ0n) is 15.9. The average Bonchev–Trinajstić information content (AvgIpc) is 3.09. The molecular formula is C20H25FN4O2. The second-order valence-electron chi connectivity index (χ2n) is 7.52. The van der Waals surface area contributed by atoms with E-state index in [1.54, 1.807) is 34.8 Å². The van der Waals surface area contributed by atoms with Crippen LogP contribution in [0.25, 0.3) is 0 Å². The smallest absolute Gasteiger partial charge is 0.269 e. The normalized spacial score (nSPS) is 17.0. The van der Waals surface area contributed by atoms with Crippen molar-refractivity contribution in [2.45, 2.75) is 39.3 Å². The average molecular weight is 372 g/mol. The van der Waals surface area contributed by atoms with Crippen LogP contribution in [0.4, 0.5) is 4.39 Å². The second kappa shape index (κ2) is 7.90. The molecule has 1 saturated heterocycles. The molecule has 1 aromatic carbocycles. The number of nitrogens with one attached hydrogen (secondary N) is 1. The molecule has 1 aliphatic heterocycles. The molecule has 7 heteroatoms. The molecule has 144 valence electrons. The maximum Gasteiger partial charge on any atom is 0.269 e. The molecule has 1 N–H and O–H groups in total. The lowest BCUT2D eigenvalue weighted by Crippen LogP contribution is -2.37. The minimum absolute atomic E-state index is 0.0462. The summed E-state index contributed by atoms with van der Waals surface area (Å²) in [6.07, 6.45) is 1.06. The van der Waals surface area contributed by atoms with Crippen molar-refractivity contribution in [1.29, 1.82) is 0 Å². The quantitative estimate of drug-likeness (QED) is 0.846. The van der Waals surface area contributed by atoms with Gasteiger partial charge in [0.25, 0.3) is 5.91 Å². The van der Waals surface area contributed by atoms with Crippen molar-refractivity contribution in [2.24, 2.45) is 13.0 Å². The predicted octanol–water partition coefficient (Wildman–Crippen LogP) is 2.29. The molecule has 1 aliphatic rings. The molecule has 0 bridgehead atoms. The lowest BCUT2D eigenvalue weighted by Gasteiger charge is -2.17. The number of aryl methyl sites for hydroxylation is 1. The molecule has 2 aromatic rings. The van der Waals surface area contributed by atoms with Gasteiger partial charge in [0.05, 0.1) is 11.7 Å². The Morgan fingerprint density at radius 1 is 1.37 bits per heavy atom. The van der Waals surface area contributed by atoms with E-state index in [2.05, 4.69) is 24.3 Å². The molecule has 0 aliphatic carbocycles. The van der Waals surface area contributed by atoms with E-state index in [-0.39, 0.29) is 30.1 Å². The first kappa shape index (κ1) is 19.1. The van der Waals surface area contributed by atoms with Gasteiger partial charge in [0.2, 0.25) is 5.91 Å². The van der Waals surface area contributed by atoms with Crippen molar-refractivity contribution >= 4 is 11.8 Å². The minimum Gasteiger partial charge on any atom is -0.346 e. The van der Waals surface area contributed by atoms with Gasteiger partial charge in [0, 0.05) is 26.6 Å². The van der Waals surface area contributed by atoms with Crippen LogP contribution in [0.2, 0.25) is 0 Å². The lowest BCUT2D eigenvalue weighted by molar-refractivity contribution is -0.128. The highest BCUT2D eigenvalue weighted by Crippen LogP contribution is 2.17. The first-order chi connectivity index (χ1) is 12.8. The predicted molar refractivity (Wildman–Crippen MR) is 99.4 cm³/mol. The largest absolute Gasteiger partial charge is 0.346 e. The van der Waals surface area contributed by atoms with E-state index in [1.807, 2.05) is 0 Å². The van der Waals surface area contributed by atoms with Crippen molar-refractivity contribution in [2.75, 3.05) is 6.54 Å². The van der Waals surface area contributed by atoms with Gasteiger partial charge >= 0.3 is 0 Å². The van der Waals surface area contributed by atoms with Crippen molar-refractivity contribution in [3.63, 3.8) is 0 Å². The molecule has 3 rings (SSSR count). The summed E-state index contributed by atoms with van der Waals surface area (Å²) in [6, 6.07) is 7.75. The first-order valence-electron chi connectivity index (χ1n) is 9.18. The summed E-state index contributed by atoms with van der Waals surface area (Å²) < 4.78 is 14.9. The fourth-order valence-electron chi connectivity index (χ4n) is 3.39. The summed E-state index contributed by atoms with van der Waals surface area (Å²) >= 11 is 0. The topological polar surface area (TPSA) is 67.2 Å². The maximum atomic E-state index is 13.3. The van der Waals surface area contributed by atoms with Gasteiger partial charge in [-0.1, -0.05) is 26.0 Å². The van der Waals surface area contributed by atoms with Gasteiger partial charge in [-0.05, 0) is 36.1 Å². The zero-order valence-corrected chi connectivity index (χ0v) is 15.9. The standard InChI is InChI=1S/C20H25FN4O2/c1-13(2)7-16-9-18(24(3)23-16)20(27)22-17-10-19(26)25(12-17)11-14-5-4-6-15(21)8-14/h4-6,8-9,13,17H,7,10-12H2,1-3H3,(H,22,27)/t17-/m0/s1. The molecule has 1 aromatic heterocycles. The molecule has 1 fully saturated rings. The summed E-state index contributed by atoms with van der Waals surface area (Å²) in [7, 11) is 1.74. The molecular weight excluding hydrogens is 347 g/mol.